The van der Waals surface area contributed by atoms with Crippen molar-refractivity contribution in [3.63, 3.8) is 0 Å². The Morgan fingerprint density at radius 3 is 2.15 bits per heavy atom. The zero-order valence-corrected chi connectivity index (χ0v) is 12.1. The predicted molar refractivity (Wildman–Crippen MR) is 76.6 cm³/mol. The number of ether oxygens (including phenoxy) is 1. The summed E-state index contributed by atoms with van der Waals surface area (Å²) >= 11 is 0. The largest absolute Gasteiger partial charge is 0.470 e. The second-order valence-corrected chi connectivity index (χ2v) is 5.68. The van der Waals surface area contributed by atoms with E-state index in [0.717, 1.165) is 0 Å². The van der Waals surface area contributed by atoms with Crippen LogP contribution in [0.25, 0.3) is 0 Å². The number of aromatic nitrogens is 1. The molecule has 0 atom stereocenters. The molecule has 0 radical (unpaired) electrons. The highest BCUT2D eigenvalue weighted by molar-refractivity contribution is 5.54. The summed E-state index contributed by atoms with van der Waals surface area (Å²) in [5.74, 6) is 0.598. The molecule has 20 heavy (non-hydrogen) atoms. The van der Waals surface area contributed by atoms with Crippen molar-refractivity contribution < 1.29 is 20.1 Å². The maximum Gasteiger partial charge on any atom is 0.239 e. The minimum absolute atomic E-state index is 0.255. The molecule has 0 aromatic carbocycles. The molecule has 0 fully saturated rings. The van der Waals surface area contributed by atoms with E-state index in [2.05, 4.69) is 10.3 Å². The lowest BCUT2D eigenvalue weighted by Gasteiger charge is -2.29. The van der Waals surface area contributed by atoms with Crippen molar-refractivity contribution in [3.05, 3.63) is 12.1 Å². The average molecular weight is 285 g/mol. The molecule has 0 unspecified atom stereocenters. The van der Waals surface area contributed by atoms with Gasteiger partial charge in [0.2, 0.25) is 5.88 Å². The zero-order chi connectivity index (χ0) is 15.4. The van der Waals surface area contributed by atoms with Crippen LogP contribution >= 0.6 is 0 Å². The van der Waals surface area contributed by atoms with Crippen LogP contribution in [-0.2, 0) is 0 Å². The second kappa shape index (κ2) is 6.25. The van der Waals surface area contributed by atoms with Crippen molar-refractivity contribution in [2.75, 3.05) is 30.9 Å². The van der Waals surface area contributed by atoms with Crippen LogP contribution in [0.3, 0.4) is 0 Å². The first-order chi connectivity index (χ1) is 9.25. The van der Waals surface area contributed by atoms with Gasteiger partial charge in [-0.15, -0.1) is 0 Å². The fourth-order valence-corrected chi connectivity index (χ4v) is 1.43. The third kappa shape index (κ3) is 4.22. The van der Waals surface area contributed by atoms with Gasteiger partial charge in [0.25, 0.3) is 0 Å². The quantitative estimate of drug-likeness (QED) is 0.497. The lowest BCUT2D eigenvalue weighted by Crippen LogP contribution is -2.49. The van der Waals surface area contributed by atoms with Crippen molar-refractivity contribution in [3.8, 4) is 5.88 Å². The van der Waals surface area contributed by atoms with Crippen LogP contribution in [0.5, 0.6) is 5.88 Å². The molecule has 0 bridgehead atoms. The summed E-state index contributed by atoms with van der Waals surface area (Å²) in [6.45, 7) is 4.28. The number of hydrogen-bond donors (Lipinski definition) is 5. The molecule has 114 valence electrons. The standard InChI is InChI=1S/C13H23N3O4/c1-12(2,3)20-11-9(14)4-5-10(15-11)16-13(6-17,7-18)8-19/h4-5,17-19H,6-8,14H2,1-3H3,(H,15,16). The molecule has 0 spiro atoms. The molecule has 1 rings (SSSR count). The van der Waals surface area contributed by atoms with Gasteiger partial charge < -0.3 is 31.1 Å². The van der Waals surface area contributed by atoms with Gasteiger partial charge in [-0.1, -0.05) is 0 Å². The van der Waals surface area contributed by atoms with Crippen LogP contribution < -0.4 is 15.8 Å². The molecule has 1 aromatic heterocycles. The number of aliphatic hydroxyl groups excluding tert-OH is 3. The van der Waals surface area contributed by atoms with Crippen molar-refractivity contribution in [2.24, 2.45) is 0 Å². The summed E-state index contributed by atoms with van der Waals surface area (Å²) < 4.78 is 5.62. The second-order valence-electron chi connectivity index (χ2n) is 5.68. The number of pyridine rings is 1. The molecule has 0 aliphatic carbocycles. The highest BCUT2D eigenvalue weighted by Gasteiger charge is 2.28. The van der Waals surface area contributed by atoms with E-state index in [-0.39, 0.29) is 5.88 Å². The third-order valence-corrected chi connectivity index (χ3v) is 2.59. The molecule has 0 saturated carbocycles. The molecule has 1 aromatic rings. The summed E-state index contributed by atoms with van der Waals surface area (Å²) in [5, 5.41) is 30.6. The number of anilines is 2. The summed E-state index contributed by atoms with van der Waals surface area (Å²) in [6.07, 6.45) is 0. The SMILES string of the molecule is CC(C)(C)Oc1nc(NC(CO)(CO)CO)ccc1N. The molecule has 7 nitrogen and oxygen atoms in total. The Labute approximate surface area is 118 Å². The molecule has 0 saturated heterocycles. The van der Waals surface area contributed by atoms with Crippen LogP contribution in [-0.4, -0.2) is 51.3 Å². The normalized spacial score (nSPS) is 12.3. The Balaban J connectivity index is 3.00. The van der Waals surface area contributed by atoms with Gasteiger partial charge in [0.15, 0.2) is 0 Å². The molecule has 6 N–H and O–H groups in total. The predicted octanol–water partition coefficient (Wildman–Crippen LogP) is -0.0313. The number of nitrogen functional groups attached to an aromatic ring is 1. The van der Waals surface area contributed by atoms with Crippen LogP contribution in [0.15, 0.2) is 12.1 Å². The third-order valence-electron chi connectivity index (χ3n) is 2.59. The number of nitrogens with two attached hydrogens (primary N) is 1. The van der Waals surface area contributed by atoms with Crippen molar-refractivity contribution in [2.45, 2.75) is 31.9 Å². The Morgan fingerprint density at radius 1 is 1.15 bits per heavy atom. The maximum absolute atomic E-state index is 9.28. The average Bonchev–Trinajstić information content (AvgIpc) is 2.38. The first-order valence-corrected chi connectivity index (χ1v) is 6.31. The summed E-state index contributed by atoms with van der Waals surface area (Å²) in [7, 11) is 0. The van der Waals surface area contributed by atoms with Gasteiger partial charge in [0, 0.05) is 0 Å². The Morgan fingerprint density at radius 2 is 1.70 bits per heavy atom. The topological polar surface area (TPSA) is 121 Å². The molecule has 0 amide bonds. The molecule has 0 aliphatic heterocycles. The van der Waals surface area contributed by atoms with Crippen molar-refractivity contribution in [1.29, 1.82) is 0 Å². The van der Waals surface area contributed by atoms with E-state index < -0.39 is 31.0 Å². The highest BCUT2D eigenvalue weighted by atomic mass is 16.5. The number of nitrogens with one attached hydrogen (secondary N) is 1. The van der Waals surface area contributed by atoms with E-state index in [1.54, 1.807) is 12.1 Å². The van der Waals surface area contributed by atoms with Crippen molar-refractivity contribution in [1.82, 2.24) is 4.98 Å². The molecular formula is C13H23N3O4. The first kappa shape index (κ1) is 16.5. The number of hydrogen-bond acceptors (Lipinski definition) is 7. The molecule has 0 aliphatic rings. The van der Waals surface area contributed by atoms with E-state index in [0.29, 0.717) is 11.5 Å². The van der Waals surface area contributed by atoms with Crippen molar-refractivity contribution >= 4 is 11.5 Å². The monoisotopic (exact) mass is 285 g/mol. The van der Waals surface area contributed by atoms with E-state index in [1.165, 1.54) is 0 Å². The van der Waals surface area contributed by atoms with Gasteiger partial charge in [0.1, 0.15) is 17.0 Å². The Bertz CT molecular complexity index is 433. The summed E-state index contributed by atoms with van der Waals surface area (Å²) in [4.78, 5) is 4.19. The minimum Gasteiger partial charge on any atom is -0.470 e. The van der Waals surface area contributed by atoms with Gasteiger partial charge in [0.05, 0.1) is 25.5 Å². The van der Waals surface area contributed by atoms with E-state index >= 15 is 0 Å². The number of rotatable bonds is 6. The fourth-order valence-electron chi connectivity index (χ4n) is 1.43. The molecule has 7 heteroatoms. The van der Waals surface area contributed by atoms with E-state index in [9.17, 15) is 15.3 Å². The highest BCUT2D eigenvalue weighted by Crippen LogP contribution is 2.26. The lowest BCUT2D eigenvalue weighted by atomic mass is 10.0. The van der Waals surface area contributed by atoms with Gasteiger partial charge >= 0.3 is 0 Å². The number of aliphatic hydroxyl groups is 3. The number of nitrogens with zero attached hydrogens (tertiary/aromatic N) is 1. The van der Waals surface area contributed by atoms with Gasteiger partial charge in [-0.25, -0.2) is 0 Å². The van der Waals surface area contributed by atoms with Crippen LogP contribution in [0.2, 0.25) is 0 Å². The summed E-state index contributed by atoms with van der Waals surface area (Å²) in [6, 6.07) is 3.19. The van der Waals surface area contributed by atoms with Crippen LogP contribution in [0, 0.1) is 0 Å². The Kier molecular flexibility index (Phi) is 5.15. The van der Waals surface area contributed by atoms with Gasteiger partial charge in [-0.2, -0.15) is 4.98 Å². The smallest absolute Gasteiger partial charge is 0.239 e. The van der Waals surface area contributed by atoms with Gasteiger partial charge in [-0.3, -0.25) is 0 Å². The van der Waals surface area contributed by atoms with E-state index in [1.807, 2.05) is 20.8 Å². The zero-order valence-electron chi connectivity index (χ0n) is 12.1. The fraction of sp³-hybridized carbons (Fsp3) is 0.615. The minimum atomic E-state index is -1.25. The Hall–Kier alpha value is -1.57. The lowest BCUT2D eigenvalue weighted by molar-refractivity contribution is 0.0828. The molecular weight excluding hydrogens is 262 g/mol. The molecule has 1 heterocycles. The van der Waals surface area contributed by atoms with Gasteiger partial charge in [-0.05, 0) is 32.9 Å². The van der Waals surface area contributed by atoms with Crippen LogP contribution in [0.1, 0.15) is 20.8 Å². The maximum atomic E-state index is 9.28. The van der Waals surface area contributed by atoms with Crippen LogP contribution in [0.4, 0.5) is 11.5 Å². The summed E-state index contributed by atoms with van der Waals surface area (Å²) in [5.41, 5.74) is 4.47. The van der Waals surface area contributed by atoms with E-state index in [4.69, 9.17) is 10.5 Å². The first-order valence-electron chi connectivity index (χ1n) is 6.31.